The number of aliphatic carboxylic acids is 1. The van der Waals surface area contributed by atoms with Crippen LogP contribution in [0.15, 0.2) is 24.3 Å². The highest BCUT2D eigenvalue weighted by molar-refractivity contribution is 5.97. The van der Waals surface area contributed by atoms with Crippen molar-refractivity contribution in [2.45, 2.75) is 44.1 Å². The predicted octanol–water partition coefficient (Wildman–Crippen LogP) is 3.48. The smallest absolute Gasteiger partial charge is 0.329 e. The maximum atomic E-state index is 12.8. The van der Waals surface area contributed by atoms with Gasteiger partial charge in [0.15, 0.2) is 0 Å². The minimum atomic E-state index is -2.67. The van der Waals surface area contributed by atoms with Crippen molar-refractivity contribution in [1.82, 2.24) is 4.90 Å². The van der Waals surface area contributed by atoms with Crippen LogP contribution in [0.5, 0.6) is 0 Å². The molecule has 1 fully saturated rings. The first-order valence-electron chi connectivity index (χ1n) is 7.28. The summed E-state index contributed by atoms with van der Waals surface area (Å²) < 4.78 is 25.5. The van der Waals surface area contributed by atoms with Crippen LogP contribution in [0.2, 0.25) is 0 Å². The molecule has 1 aromatic rings. The number of carbonyl (C=O) groups excluding carboxylic acids is 1. The molecule has 4 nitrogen and oxygen atoms in total. The minimum absolute atomic E-state index is 0.0894. The van der Waals surface area contributed by atoms with Gasteiger partial charge in [-0.15, -0.1) is 0 Å². The lowest BCUT2D eigenvalue weighted by atomic mass is 9.80. The minimum Gasteiger partial charge on any atom is -0.479 e. The van der Waals surface area contributed by atoms with Crippen molar-refractivity contribution in [1.29, 1.82) is 0 Å². The van der Waals surface area contributed by atoms with E-state index >= 15 is 0 Å². The average molecular weight is 311 g/mol. The molecular weight excluding hydrogens is 292 g/mol. The molecule has 6 heteroatoms. The van der Waals surface area contributed by atoms with Crippen molar-refractivity contribution in [3.63, 3.8) is 0 Å². The highest BCUT2D eigenvalue weighted by Crippen LogP contribution is 2.34. The zero-order chi connectivity index (χ0) is 16.3. The van der Waals surface area contributed by atoms with E-state index < -0.39 is 23.8 Å². The van der Waals surface area contributed by atoms with Gasteiger partial charge in [0.05, 0.1) is 0 Å². The lowest BCUT2D eigenvalue weighted by molar-refractivity contribution is -0.151. The molecule has 0 radical (unpaired) electrons. The number of rotatable bonds is 4. The second kappa shape index (κ2) is 6.42. The standard InChI is InChI=1S/C16H19F2NO3/c1-19(16(15(21)22)8-3-2-4-9-16)14(20)12-7-5-6-11(10-12)13(17)18/h5-7,10,13H,2-4,8-9H2,1H3,(H,21,22). The van der Waals surface area contributed by atoms with Gasteiger partial charge in [-0.05, 0) is 25.0 Å². The summed E-state index contributed by atoms with van der Waals surface area (Å²) in [7, 11) is 1.44. The number of carboxylic acids is 1. The molecule has 1 aliphatic rings. The molecule has 1 saturated carbocycles. The Hall–Kier alpha value is -1.98. The second-order valence-electron chi connectivity index (χ2n) is 5.69. The number of hydrogen-bond acceptors (Lipinski definition) is 2. The molecule has 0 bridgehead atoms. The van der Waals surface area contributed by atoms with Crippen LogP contribution in [0.4, 0.5) is 8.78 Å². The summed E-state index contributed by atoms with van der Waals surface area (Å²) >= 11 is 0. The number of alkyl halides is 2. The SMILES string of the molecule is CN(C(=O)c1cccc(C(F)F)c1)C1(C(=O)O)CCCCC1. The first-order valence-corrected chi connectivity index (χ1v) is 7.28. The average Bonchev–Trinajstić information content (AvgIpc) is 2.54. The molecule has 1 aromatic carbocycles. The van der Waals surface area contributed by atoms with E-state index in [-0.39, 0.29) is 11.1 Å². The van der Waals surface area contributed by atoms with Gasteiger partial charge in [-0.3, -0.25) is 4.79 Å². The summed E-state index contributed by atoms with van der Waals surface area (Å²) in [6.07, 6.45) is 0.527. The summed E-state index contributed by atoms with van der Waals surface area (Å²) in [6.45, 7) is 0. The molecule has 1 amide bonds. The van der Waals surface area contributed by atoms with Crippen LogP contribution in [0.3, 0.4) is 0 Å². The van der Waals surface area contributed by atoms with Crippen molar-refractivity contribution in [3.05, 3.63) is 35.4 Å². The van der Waals surface area contributed by atoms with E-state index in [2.05, 4.69) is 0 Å². The van der Waals surface area contributed by atoms with E-state index in [1.165, 1.54) is 30.1 Å². The van der Waals surface area contributed by atoms with Gasteiger partial charge in [0, 0.05) is 18.2 Å². The molecule has 0 spiro atoms. The Balaban J connectivity index is 2.31. The number of benzene rings is 1. The Kier molecular flexibility index (Phi) is 4.78. The number of likely N-dealkylation sites (N-methyl/N-ethyl adjacent to an activating group) is 1. The molecule has 1 aliphatic carbocycles. The van der Waals surface area contributed by atoms with E-state index in [0.717, 1.165) is 25.3 Å². The summed E-state index contributed by atoms with van der Waals surface area (Å²) in [5, 5.41) is 9.58. The molecule has 0 heterocycles. The van der Waals surface area contributed by atoms with Crippen LogP contribution in [0.1, 0.15) is 54.5 Å². The number of hydrogen-bond donors (Lipinski definition) is 1. The van der Waals surface area contributed by atoms with E-state index in [9.17, 15) is 23.5 Å². The van der Waals surface area contributed by atoms with Crippen LogP contribution in [-0.4, -0.2) is 34.5 Å². The quantitative estimate of drug-likeness (QED) is 0.926. The number of amides is 1. The fourth-order valence-corrected chi connectivity index (χ4v) is 3.02. The maximum absolute atomic E-state index is 12.8. The van der Waals surface area contributed by atoms with Gasteiger partial charge in [0.1, 0.15) is 5.54 Å². The number of nitrogens with zero attached hydrogens (tertiary/aromatic N) is 1. The first-order chi connectivity index (χ1) is 10.4. The van der Waals surface area contributed by atoms with Crippen molar-refractivity contribution in [2.24, 2.45) is 0 Å². The molecule has 1 N–H and O–H groups in total. The zero-order valence-corrected chi connectivity index (χ0v) is 12.4. The lowest BCUT2D eigenvalue weighted by Gasteiger charge is -2.41. The normalized spacial score (nSPS) is 17.3. The van der Waals surface area contributed by atoms with E-state index in [1.54, 1.807) is 0 Å². The lowest BCUT2D eigenvalue weighted by Crippen LogP contribution is -2.56. The zero-order valence-electron chi connectivity index (χ0n) is 12.4. The third-order valence-corrected chi connectivity index (χ3v) is 4.41. The molecule has 0 aliphatic heterocycles. The molecule has 0 atom stereocenters. The molecule has 0 aromatic heterocycles. The van der Waals surface area contributed by atoms with Gasteiger partial charge < -0.3 is 10.0 Å². The number of halogens is 2. The van der Waals surface area contributed by atoms with E-state index in [1.807, 2.05) is 0 Å². The Labute approximate surface area is 127 Å². The van der Waals surface area contributed by atoms with Crippen LogP contribution in [0, 0.1) is 0 Å². The van der Waals surface area contributed by atoms with Gasteiger partial charge in [-0.2, -0.15) is 0 Å². The molecule has 2 rings (SSSR count). The van der Waals surface area contributed by atoms with Crippen LogP contribution < -0.4 is 0 Å². The highest BCUT2D eigenvalue weighted by Gasteiger charge is 2.45. The summed E-state index contributed by atoms with van der Waals surface area (Å²) in [5.41, 5.74) is -1.39. The third kappa shape index (κ3) is 2.96. The second-order valence-corrected chi connectivity index (χ2v) is 5.69. The van der Waals surface area contributed by atoms with E-state index in [4.69, 9.17) is 0 Å². The highest BCUT2D eigenvalue weighted by atomic mass is 19.3. The van der Waals surface area contributed by atoms with Crippen molar-refractivity contribution in [3.8, 4) is 0 Å². The molecule has 0 saturated heterocycles. The van der Waals surface area contributed by atoms with Crippen LogP contribution >= 0.6 is 0 Å². The fourth-order valence-electron chi connectivity index (χ4n) is 3.02. The van der Waals surface area contributed by atoms with Crippen molar-refractivity contribution < 1.29 is 23.5 Å². The van der Waals surface area contributed by atoms with Gasteiger partial charge >= 0.3 is 5.97 Å². The Morgan fingerprint density at radius 3 is 2.41 bits per heavy atom. The van der Waals surface area contributed by atoms with Crippen molar-refractivity contribution >= 4 is 11.9 Å². The molecule has 120 valence electrons. The fraction of sp³-hybridized carbons (Fsp3) is 0.500. The van der Waals surface area contributed by atoms with Crippen molar-refractivity contribution in [2.75, 3.05) is 7.05 Å². The third-order valence-electron chi connectivity index (χ3n) is 4.41. The predicted molar refractivity (Wildman–Crippen MR) is 76.9 cm³/mol. The topological polar surface area (TPSA) is 57.6 Å². The molecular formula is C16H19F2NO3. The largest absolute Gasteiger partial charge is 0.479 e. The van der Waals surface area contributed by atoms with Gasteiger partial charge in [0.25, 0.3) is 12.3 Å². The maximum Gasteiger partial charge on any atom is 0.329 e. The van der Waals surface area contributed by atoms with E-state index in [0.29, 0.717) is 12.8 Å². The first kappa shape index (κ1) is 16.4. The Bertz CT molecular complexity index is 568. The summed E-state index contributed by atoms with van der Waals surface area (Å²) in [6, 6.07) is 5.19. The Morgan fingerprint density at radius 1 is 1.23 bits per heavy atom. The number of carboxylic acid groups (broad SMARTS) is 1. The van der Waals surface area contributed by atoms with Gasteiger partial charge in [-0.1, -0.05) is 31.4 Å². The van der Waals surface area contributed by atoms with Gasteiger partial charge in [-0.25, -0.2) is 13.6 Å². The Morgan fingerprint density at radius 2 is 1.86 bits per heavy atom. The van der Waals surface area contributed by atoms with Gasteiger partial charge in [0.2, 0.25) is 0 Å². The molecule has 22 heavy (non-hydrogen) atoms. The molecule has 0 unspecified atom stereocenters. The summed E-state index contributed by atoms with van der Waals surface area (Å²) in [5.74, 6) is -1.57. The summed E-state index contributed by atoms with van der Waals surface area (Å²) in [4.78, 5) is 25.5. The monoisotopic (exact) mass is 311 g/mol. The van der Waals surface area contributed by atoms with Crippen LogP contribution in [0.25, 0.3) is 0 Å². The number of carbonyl (C=O) groups is 2. The van der Waals surface area contributed by atoms with Crippen LogP contribution in [-0.2, 0) is 4.79 Å².